The van der Waals surface area contributed by atoms with Crippen LogP contribution in [0.2, 0.25) is 0 Å². The summed E-state index contributed by atoms with van der Waals surface area (Å²) in [5.74, 6) is -0.393. The molecular formula is C10H17N3O2. The largest absolute Gasteiger partial charge is 0.463 e. The first kappa shape index (κ1) is 13.5. The molecule has 0 aliphatic rings. The van der Waals surface area contributed by atoms with Crippen LogP contribution in [0.5, 0.6) is 0 Å². The maximum atomic E-state index is 11.2. The predicted octanol–water partition coefficient (Wildman–Crippen LogP) is 2.83. The molecule has 0 aromatic heterocycles. The molecule has 0 atom stereocenters. The van der Waals surface area contributed by atoms with Crippen LogP contribution in [0.25, 0.3) is 10.4 Å². The molecular weight excluding hydrogens is 194 g/mol. The maximum Gasteiger partial charge on any atom is 0.330 e. The van der Waals surface area contributed by atoms with Gasteiger partial charge in [-0.05, 0) is 17.9 Å². The van der Waals surface area contributed by atoms with Crippen LogP contribution in [0.15, 0.2) is 16.8 Å². The summed E-state index contributed by atoms with van der Waals surface area (Å²) in [5.41, 5.74) is 8.79. The highest BCUT2D eigenvalue weighted by Crippen LogP contribution is 2.25. The Morgan fingerprint density at radius 1 is 1.53 bits per heavy atom. The normalized spacial score (nSPS) is 11.9. The number of hydrogen-bond acceptors (Lipinski definition) is 3. The maximum absolute atomic E-state index is 11.2. The van der Waals surface area contributed by atoms with E-state index in [4.69, 9.17) is 10.3 Å². The quantitative estimate of drug-likeness (QED) is 0.236. The minimum absolute atomic E-state index is 0.193. The van der Waals surface area contributed by atoms with E-state index in [9.17, 15) is 4.79 Å². The lowest BCUT2D eigenvalue weighted by Crippen LogP contribution is -2.14. The van der Waals surface area contributed by atoms with Gasteiger partial charge in [0.2, 0.25) is 0 Å². The molecule has 84 valence electrons. The molecule has 0 amide bonds. The van der Waals surface area contributed by atoms with Crippen LogP contribution in [0.4, 0.5) is 0 Å². The van der Waals surface area contributed by atoms with Crippen molar-refractivity contribution in [1.82, 2.24) is 0 Å². The Balaban J connectivity index is 4.76. The van der Waals surface area contributed by atoms with Crippen molar-refractivity contribution in [3.05, 3.63) is 22.1 Å². The van der Waals surface area contributed by atoms with Gasteiger partial charge in [0, 0.05) is 17.5 Å². The van der Waals surface area contributed by atoms with E-state index in [1.807, 2.05) is 20.8 Å². The van der Waals surface area contributed by atoms with Crippen molar-refractivity contribution in [2.24, 2.45) is 10.5 Å². The van der Waals surface area contributed by atoms with Gasteiger partial charge in [0.1, 0.15) is 0 Å². The third kappa shape index (κ3) is 5.75. The van der Waals surface area contributed by atoms with Crippen LogP contribution in [-0.2, 0) is 9.53 Å². The zero-order valence-corrected chi connectivity index (χ0v) is 9.65. The smallest absolute Gasteiger partial charge is 0.330 e. The first-order valence-electron chi connectivity index (χ1n) is 4.80. The lowest BCUT2D eigenvalue weighted by atomic mass is 9.86. The molecule has 0 aromatic carbocycles. The summed E-state index contributed by atoms with van der Waals surface area (Å²) in [6.45, 7) is 8.13. The topological polar surface area (TPSA) is 75.1 Å². The number of azide groups is 1. The van der Waals surface area contributed by atoms with Crippen molar-refractivity contribution in [3.63, 3.8) is 0 Å². The summed E-state index contributed by atoms with van der Waals surface area (Å²) < 4.78 is 4.80. The van der Waals surface area contributed by atoms with Crippen LogP contribution in [0.1, 0.15) is 27.7 Å². The van der Waals surface area contributed by atoms with Crippen molar-refractivity contribution in [2.45, 2.75) is 27.7 Å². The van der Waals surface area contributed by atoms with E-state index in [-0.39, 0.29) is 12.0 Å². The Kier molecular flexibility index (Phi) is 5.49. The third-order valence-electron chi connectivity index (χ3n) is 1.85. The number of hydrogen-bond donors (Lipinski definition) is 0. The highest BCUT2D eigenvalue weighted by atomic mass is 16.5. The molecule has 0 aromatic rings. The highest BCUT2D eigenvalue weighted by Gasteiger charge is 2.17. The molecule has 0 radical (unpaired) electrons. The average molecular weight is 211 g/mol. The lowest BCUT2D eigenvalue weighted by molar-refractivity contribution is -0.137. The first-order valence-corrected chi connectivity index (χ1v) is 4.80. The number of nitrogens with zero attached hydrogens (tertiary/aromatic N) is 3. The molecule has 0 saturated carbocycles. The summed E-state index contributed by atoms with van der Waals surface area (Å²) >= 11 is 0. The van der Waals surface area contributed by atoms with Crippen LogP contribution >= 0.6 is 0 Å². The van der Waals surface area contributed by atoms with Gasteiger partial charge in [0.25, 0.3) is 0 Å². The van der Waals surface area contributed by atoms with Crippen molar-refractivity contribution < 1.29 is 9.53 Å². The molecule has 0 aliphatic heterocycles. The van der Waals surface area contributed by atoms with Crippen LogP contribution in [0.3, 0.4) is 0 Å². The third-order valence-corrected chi connectivity index (χ3v) is 1.85. The number of carbonyl (C=O) groups is 1. The number of ether oxygens (including phenoxy) is 1. The fourth-order valence-corrected chi connectivity index (χ4v) is 0.933. The predicted molar refractivity (Wildman–Crippen MR) is 58.2 cm³/mol. The highest BCUT2D eigenvalue weighted by molar-refractivity contribution is 5.83. The zero-order valence-electron chi connectivity index (χ0n) is 9.65. The van der Waals surface area contributed by atoms with E-state index in [0.29, 0.717) is 6.61 Å². The van der Waals surface area contributed by atoms with Gasteiger partial charge < -0.3 is 4.74 Å². The summed E-state index contributed by atoms with van der Waals surface area (Å²) in [5, 5.41) is 3.46. The Bertz CT molecular complexity index is 296. The number of rotatable bonds is 4. The van der Waals surface area contributed by atoms with Gasteiger partial charge in [-0.3, -0.25) is 0 Å². The van der Waals surface area contributed by atoms with Gasteiger partial charge in [-0.2, -0.15) is 0 Å². The van der Waals surface area contributed by atoms with Crippen molar-refractivity contribution in [2.75, 3.05) is 13.2 Å². The van der Waals surface area contributed by atoms with E-state index in [1.54, 1.807) is 6.92 Å². The average Bonchev–Trinajstić information content (AvgIpc) is 2.10. The number of esters is 1. The summed E-state index contributed by atoms with van der Waals surface area (Å²) in [6.07, 6.45) is 1.40. The second-order valence-electron chi connectivity index (χ2n) is 4.06. The fourth-order valence-electron chi connectivity index (χ4n) is 0.933. The lowest BCUT2D eigenvalue weighted by Gasteiger charge is -2.21. The molecule has 0 bridgehead atoms. The van der Waals surface area contributed by atoms with Gasteiger partial charge >= 0.3 is 5.97 Å². The SMILES string of the molecule is CCOC(=O)/C=C(\CN=[N+]=[N-])C(C)(C)C. The molecule has 15 heavy (non-hydrogen) atoms. The zero-order chi connectivity index (χ0) is 11.9. The molecule has 0 heterocycles. The number of carbonyl (C=O) groups excluding carboxylic acids is 1. The summed E-state index contributed by atoms with van der Waals surface area (Å²) in [7, 11) is 0. The fraction of sp³-hybridized carbons (Fsp3) is 0.700. The Labute approximate surface area is 89.7 Å². The van der Waals surface area contributed by atoms with Crippen molar-refractivity contribution in [1.29, 1.82) is 0 Å². The van der Waals surface area contributed by atoms with Crippen LogP contribution in [0, 0.1) is 5.41 Å². The van der Waals surface area contributed by atoms with Crippen molar-refractivity contribution in [3.8, 4) is 0 Å². The Morgan fingerprint density at radius 2 is 2.13 bits per heavy atom. The van der Waals surface area contributed by atoms with Gasteiger partial charge in [-0.1, -0.05) is 31.5 Å². The Hall–Kier alpha value is -1.48. The molecule has 0 rings (SSSR count). The summed E-state index contributed by atoms with van der Waals surface area (Å²) in [4.78, 5) is 13.9. The molecule has 0 spiro atoms. The standard InChI is InChI=1S/C10H17N3O2/c1-5-15-9(14)6-8(7-12-13-11)10(2,3)4/h6H,5,7H2,1-4H3/b8-6+. The van der Waals surface area contributed by atoms with E-state index in [2.05, 4.69) is 10.0 Å². The van der Waals surface area contributed by atoms with Gasteiger partial charge in [-0.15, -0.1) is 0 Å². The first-order chi connectivity index (χ1) is 6.91. The van der Waals surface area contributed by atoms with Gasteiger partial charge in [0.15, 0.2) is 0 Å². The molecule has 0 N–H and O–H groups in total. The van der Waals surface area contributed by atoms with Crippen LogP contribution < -0.4 is 0 Å². The minimum atomic E-state index is -0.393. The second-order valence-corrected chi connectivity index (χ2v) is 4.06. The molecule has 0 saturated heterocycles. The van der Waals surface area contributed by atoms with E-state index >= 15 is 0 Å². The monoisotopic (exact) mass is 211 g/mol. The minimum Gasteiger partial charge on any atom is -0.463 e. The molecule has 5 nitrogen and oxygen atoms in total. The van der Waals surface area contributed by atoms with E-state index in [1.165, 1.54) is 6.08 Å². The second kappa shape index (κ2) is 6.09. The molecule has 0 aliphatic carbocycles. The van der Waals surface area contributed by atoms with Gasteiger partial charge in [0.05, 0.1) is 6.61 Å². The van der Waals surface area contributed by atoms with Gasteiger partial charge in [-0.25, -0.2) is 4.79 Å². The molecule has 0 unspecified atom stereocenters. The Morgan fingerprint density at radius 3 is 2.53 bits per heavy atom. The van der Waals surface area contributed by atoms with E-state index in [0.717, 1.165) is 5.57 Å². The van der Waals surface area contributed by atoms with Crippen molar-refractivity contribution >= 4 is 5.97 Å². The summed E-state index contributed by atoms with van der Waals surface area (Å²) in [6, 6.07) is 0. The van der Waals surface area contributed by atoms with E-state index < -0.39 is 5.97 Å². The molecule has 0 fully saturated rings. The van der Waals surface area contributed by atoms with Crippen LogP contribution in [-0.4, -0.2) is 19.1 Å². The molecule has 5 heteroatoms.